The van der Waals surface area contributed by atoms with Crippen LogP contribution in [0.1, 0.15) is 17.2 Å². The minimum absolute atomic E-state index is 0.0435. The number of aliphatic hydroxyl groups is 1. The number of nitrogens with zero attached hydrogens (tertiary/aromatic N) is 2. The average molecular weight is 455 g/mol. The number of hydrogen-bond acceptors (Lipinski definition) is 4. The second-order valence-corrected chi connectivity index (χ2v) is 8.38. The van der Waals surface area contributed by atoms with E-state index in [1.54, 1.807) is 18.3 Å². The lowest BCUT2D eigenvalue weighted by Gasteiger charge is -2.25. The number of aromatic nitrogens is 1. The van der Waals surface area contributed by atoms with Crippen molar-refractivity contribution in [3.05, 3.63) is 102 Å². The fraction of sp³-hybridized carbons (Fsp3) is 0.111. The van der Waals surface area contributed by atoms with E-state index in [1.807, 2.05) is 55.4 Å². The second-order valence-electron chi connectivity index (χ2n) is 8.38. The molecule has 1 aliphatic rings. The highest BCUT2D eigenvalue weighted by molar-refractivity contribution is 6.51. The third kappa shape index (κ3) is 3.42. The molecule has 0 radical (unpaired) electrons. The monoisotopic (exact) mass is 455 g/mol. The van der Waals surface area contributed by atoms with Gasteiger partial charge in [-0.15, -0.1) is 0 Å². The number of H-pyrrole nitrogens is 1. The first-order valence-electron chi connectivity index (χ1n) is 10.8. The number of aromatic amines is 1. The van der Waals surface area contributed by atoms with Gasteiger partial charge < -0.3 is 15.0 Å². The van der Waals surface area contributed by atoms with Gasteiger partial charge in [-0.1, -0.05) is 18.2 Å². The molecule has 1 amide bonds. The minimum atomic E-state index is -0.869. The van der Waals surface area contributed by atoms with E-state index in [2.05, 4.69) is 4.98 Å². The molecule has 34 heavy (non-hydrogen) atoms. The molecule has 1 fully saturated rings. The fourth-order valence-corrected chi connectivity index (χ4v) is 4.39. The summed E-state index contributed by atoms with van der Waals surface area (Å²) in [6.45, 7) is 0. The minimum Gasteiger partial charge on any atom is -0.507 e. The van der Waals surface area contributed by atoms with Crippen molar-refractivity contribution in [3.8, 4) is 0 Å². The molecule has 1 atom stereocenters. The fourth-order valence-electron chi connectivity index (χ4n) is 4.39. The molecule has 6 nitrogen and oxygen atoms in total. The van der Waals surface area contributed by atoms with Gasteiger partial charge in [0.2, 0.25) is 0 Å². The van der Waals surface area contributed by atoms with Crippen molar-refractivity contribution >= 4 is 39.7 Å². The summed E-state index contributed by atoms with van der Waals surface area (Å²) in [5.74, 6) is -2.35. The number of ketones is 1. The van der Waals surface area contributed by atoms with Crippen molar-refractivity contribution in [2.75, 3.05) is 23.9 Å². The van der Waals surface area contributed by atoms with Crippen LogP contribution in [0.5, 0.6) is 0 Å². The van der Waals surface area contributed by atoms with E-state index in [9.17, 15) is 19.1 Å². The van der Waals surface area contributed by atoms with Crippen LogP contribution in [0.25, 0.3) is 16.7 Å². The molecule has 1 saturated heterocycles. The molecule has 0 saturated carbocycles. The predicted molar refractivity (Wildman–Crippen MR) is 130 cm³/mol. The van der Waals surface area contributed by atoms with Crippen LogP contribution in [-0.4, -0.2) is 35.9 Å². The van der Waals surface area contributed by atoms with E-state index in [-0.39, 0.29) is 16.9 Å². The summed E-state index contributed by atoms with van der Waals surface area (Å²) in [7, 11) is 3.83. The highest BCUT2D eigenvalue weighted by atomic mass is 19.1. The zero-order chi connectivity index (χ0) is 24.0. The molecule has 3 aromatic carbocycles. The highest BCUT2D eigenvalue weighted by Crippen LogP contribution is 2.44. The molecular formula is C27H22FN3O3. The Morgan fingerprint density at radius 2 is 1.65 bits per heavy atom. The zero-order valence-electron chi connectivity index (χ0n) is 18.6. The van der Waals surface area contributed by atoms with E-state index in [4.69, 9.17) is 0 Å². The van der Waals surface area contributed by atoms with E-state index >= 15 is 0 Å². The van der Waals surface area contributed by atoms with Gasteiger partial charge >= 0.3 is 0 Å². The maximum absolute atomic E-state index is 13.5. The molecule has 1 unspecified atom stereocenters. The summed E-state index contributed by atoms with van der Waals surface area (Å²) in [6, 6.07) is 19.1. The molecular weight excluding hydrogens is 433 g/mol. The lowest BCUT2D eigenvalue weighted by atomic mass is 9.94. The summed E-state index contributed by atoms with van der Waals surface area (Å²) in [6.07, 6.45) is 1.75. The number of Topliss-reactive ketones (excluding diaryl/α,β-unsaturated/α-hetero) is 1. The van der Waals surface area contributed by atoms with E-state index in [1.165, 1.54) is 29.2 Å². The Labute approximate surface area is 195 Å². The van der Waals surface area contributed by atoms with Crippen molar-refractivity contribution in [1.29, 1.82) is 0 Å². The summed E-state index contributed by atoms with van der Waals surface area (Å²) < 4.78 is 13.5. The number of para-hydroxylation sites is 1. The van der Waals surface area contributed by atoms with Crippen LogP contribution >= 0.6 is 0 Å². The normalized spacial score (nSPS) is 17.5. The highest BCUT2D eigenvalue weighted by Gasteiger charge is 2.47. The Bertz CT molecular complexity index is 1440. The maximum atomic E-state index is 13.5. The first-order chi connectivity index (χ1) is 16.4. The number of carbonyl (C=O) groups is 2. The van der Waals surface area contributed by atoms with Gasteiger partial charge in [0.25, 0.3) is 11.7 Å². The molecule has 0 bridgehead atoms. The number of carbonyl (C=O) groups excluding carboxylic acids is 2. The van der Waals surface area contributed by atoms with Crippen LogP contribution in [0.3, 0.4) is 0 Å². The summed E-state index contributed by atoms with van der Waals surface area (Å²) in [4.78, 5) is 33.1. The summed E-state index contributed by atoms with van der Waals surface area (Å²) in [5.41, 5.74) is 3.20. The maximum Gasteiger partial charge on any atom is 0.300 e. The molecule has 1 aromatic heterocycles. The van der Waals surface area contributed by atoms with Crippen molar-refractivity contribution in [2.45, 2.75) is 6.04 Å². The number of aliphatic hydroxyl groups excluding tert-OH is 1. The van der Waals surface area contributed by atoms with Crippen molar-refractivity contribution in [3.63, 3.8) is 0 Å². The molecule has 2 heterocycles. The third-order valence-corrected chi connectivity index (χ3v) is 6.12. The van der Waals surface area contributed by atoms with Crippen LogP contribution in [0.4, 0.5) is 15.8 Å². The topological polar surface area (TPSA) is 76.6 Å². The molecule has 1 aliphatic heterocycles. The molecule has 170 valence electrons. The summed E-state index contributed by atoms with van der Waals surface area (Å²) >= 11 is 0. The van der Waals surface area contributed by atoms with Gasteiger partial charge in [0.05, 0.1) is 11.6 Å². The SMILES string of the molecule is CN(C)c1ccc(N2C(=O)C(=O)/C(=C(/O)c3ccc(F)cc3)C2c2c[nH]c3ccccc23)cc1. The first-order valence-corrected chi connectivity index (χ1v) is 10.8. The Hall–Kier alpha value is -4.39. The standard InChI is InChI=1S/C27H22FN3O3/c1-30(2)18-11-13-19(14-12-18)31-24(21-15-29-22-6-4-3-5-20(21)22)23(26(33)27(31)34)25(32)16-7-9-17(28)10-8-16/h3-15,24,29,32H,1-2H3/b25-23+. The molecule has 0 spiro atoms. The number of halogens is 1. The van der Waals surface area contributed by atoms with Gasteiger partial charge in [0, 0.05) is 53.7 Å². The number of benzene rings is 3. The van der Waals surface area contributed by atoms with E-state index in [0.717, 1.165) is 16.6 Å². The lowest BCUT2D eigenvalue weighted by Crippen LogP contribution is -2.29. The van der Waals surface area contributed by atoms with Crippen LogP contribution < -0.4 is 9.80 Å². The zero-order valence-corrected chi connectivity index (χ0v) is 18.6. The summed E-state index contributed by atoms with van der Waals surface area (Å²) in [5, 5.41) is 12.0. The molecule has 7 heteroatoms. The average Bonchev–Trinajstić information content (AvgIpc) is 3.38. The quantitative estimate of drug-likeness (QED) is 0.258. The van der Waals surface area contributed by atoms with Gasteiger partial charge in [-0.05, 0) is 54.6 Å². The molecule has 2 N–H and O–H groups in total. The smallest absolute Gasteiger partial charge is 0.300 e. The van der Waals surface area contributed by atoms with Crippen molar-refractivity contribution < 1.29 is 19.1 Å². The van der Waals surface area contributed by atoms with Gasteiger partial charge in [-0.25, -0.2) is 4.39 Å². The van der Waals surface area contributed by atoms with Crippen molar-refractivity contribution in [2.24, 2.45) is 0 Å². The first kappa shape index (κ1) is 21.5. The third-order valence-electron chi connectivity index (χ3n) is 6.12. The van der Waals surface area contributed by atoms with Gasteiger partial charge in [-0.3, -0.25) is 14.5 Å². The Morgan fingerprint density at radius 1 is 0.971 bits per heavy atom. The van der Waals surface area contributed by atoms with Crippen LogP contribution in [0, 0.1) is 5.82 Å². The molecule has 4 aromatic rings. The molecule has 0 aliphatic carbocycles. The van der Waals surface area contributed by atoms with E-state index < -0.39 is 23.5 Å². The van der Waals surface area contributed by atoms with Gasteiger partial charge in [0.15, 0.2) is 0 Å². The predicted octanol–water partition coefficient (Wildman–Crippen LogP) is 5.00. The number of hydrogen-bond donors (Lipinski definition) is 2. The van der Waals surface area contributed by atoms with Crippen LogP contribution in [-0.2, 0) is 9.59 Å². The second kappa shape index (κ2) is 8.19. The van der Waals surface area contributed by atoms with E-state index in [0.29, 0.717) is 11.3 Å². The largest absolute Gasteiger partial charge is 0.507 e. The number of fused-ring (bicyclic) bond motifs is 1. The lowest BCUT2D eigenvalue weighted by molar-refractivity contribution is -0.132. The Morgan fingerprint density at radius 3 is 2.32 bits per heavy atom. The number of rotatable bonds is 4. The van der Waals surface area contributed by atoms with Crippen LogP contribution in [0.2, 0.25) is 0 Å². The van der Waals surface area contributed by atoms with Crippen molar-refractivity contribution in [1.82, 2.24) is 4.98 Å². The number of nitrogens with one attached hydrogen (secondary N) is 1. The van der Waals surface area contributed by atoms with Crippen LogP contribution in [0.15, 0.2) is 84.6 Å². The van der Waals surface area contributed by atoms with Gasteiger partial charge in [-0.2, -0.15) is 0 Å². The number of anilines is 2. The Balaban J connectivity index is 1.74. The van der Waals surface area contributed by atoms with Gasteiger partial charge in [0.1, 0.15) is 11.6 Å². The Kier molecular flexibility index (Phi) is 5.17. The number of amides is 1. The molecule has 5 rings (SSSR count).